The van der Waals surface area contributed by atoms with E-state index in [0.717, 1.165) is 12.1 Å². The van der Waals surface area contributed by atoms with Crippen molar-refractivity contribution in [3.63, 3.8) is 0 Å². The van der Waals surface area contributed by atoms with Crippen molar-refractivity contribution in [2.75, 3.05) is 0 Å². The molecule has 0 aromatic heterocycles. The Labute approximate surface area is 117 Å². The number of benzene rings is 2. The highest BCUT2D eigenvalue weighted by Crippen LogP contribution is 2.25. The van der Waals surface area contributed by atoms with Crippen LogP contribution in [0.25, 0.3) is 0 Å². The Morgan fingerprint density at radius 2 is 1.37 bits per heavy atom. The lowest BCUT2D eigenvalue weighted by Gasteiger charge is -1.91. The van der Waals surface area contributed by atoms with Crippen molar-refractivity contribution in [1.82, 2.24) is 0 Å². The van der Waals surface area contributed by atoms with Gasteiger partial charge in [0.2, 0.25) is 0 Å². The fourth-order valence-electron chi connectivity index (χ4n) is 1.82. The summed E-state index contributed by atoms with van der Waals surface area (Å²) in [5, 5.41) is 0. The second-order valence-electron chi connectivity index (χ2n) is 4.31. The molecule has 0 fully saturated rings. The molecule has 1 aliphatic rings. The third kappa shape index (κ3) is 5.09. The largest absolute Gasteiger partial charge is 0.257 e. The van der Waals surface area contributed by atoms with Crippen molar-refractivity contribution in [2.24, 2.45) is 4.99 Å². The highest BCUT2D eigenvalue weighted by Gasteiger charge is 2.08. The number of aliphatic imine (C=N–C) groups is 1. The number of fused-ring (bicyclic) bond motifs is 1. The normalized spacial score (nSPS) is 11.3. The molecule has 100 valence electrons. The monoisotopic (exact) mass is 253 g/mol. The number of hydrogen-bond donors (Lipinski definition) is 0. The van der Waals surface area contributed by atoms with Crippen LogP contribution < -0.4 is 0 Å². The summed E-state index contributed by atoms with van der Waals surface area (Å²) in [6, 6.07) is 18.5. The molecular formula is C18H23N. The van der Waals surface area contributed by atoms with Gasteiger partial charge >= 0.3 is 0 Å². The van der Waals surface area contributed by atoms with E-state index in [1.54, 1.807) is 0 Å². The van der Waals surface area contributed by atoms with E-state index >= 15 is 0 Å². The van der Waals surface area contributed by atoms with Crippen molar-refractivity contribution < 1.29 is 0 Å². The summed E-state index contributed by atoms with van der Waals surface area (Å²) < 4.78 is 0. The zero-order valence-electron chi connectivity index (χ0n) is 12.4. The van der Waals surface area contributed by atoms with E-state index in [-0.39, 0.29) is 0 Å². The van der Waals surface area contributed by atoms with Crippen LogP contribution in [0.2, 0.25) is 0 Å². The second kappa shape index (κ2) is 8.25. The van der Waals surface area contributed by atoms with Crippen LogP contribution in [0.1, 0.15) is 31.9 Å². The SMILES string of the molecule is CC.CC1=Nc2ccccc2C1.Cc1ccccc1. The number of rotatable bonds is 0. The highest BCUT2D eigenvalue weighted by molar-refractivity contribution is 5.91. The molecule has 1 aliphatic heterocycles. The number of aryl methyl sites for hydroxylation is 1. The maximum Gasteiger partial charge on any atom is 0.0664 e. The molecule has 0 spiro atoms. The molecule has 0 unspecified atom stereocenters. The minimum atomic E-state index is 1.04. The predicted octanol–water partition coefficient (Wildman–Crippen LogP) is 5.36. The van der Waals surface area contributed by atoms with Gasteiger partial charge in [0, 0.05) is 12.1 Å². The molecule has 0 saturated carbocycles. The van der Waals surface area contributed by atoms with Crippen LogP contribution in [0.3, 0.4) is 0 Å². The summed E-state index contributed by atoms with van der Waals surface area (Å²) >= 11 is 0. The fourth-order valence-corrected chi connectivity index (χ4v) is 1.82. The summed E-state index contributed by atoms with van der Waals surface area (Å²) in [6.45, 7) is 8.15. The van der Waals surface area contributed by atoms with Gasteiger partial charge in [0.25, 0.3) is 0 Å². The summed E-state index contributed by atoms with van der Waals surface area (Å²) in [4.78, 5) is 4.37. The maximum atomic E-state index is 4.37. The molecule has 1 heteroatoms. The predicted molar refractivity (Wildman–Crippen MR) is 85.4 cm³/mol. The van der Waals surface area contributed by atoms with Gasteiger partial charge in [-0.1, -0.05) is 67.9 Å². The average Bonchev–Trinajstić information content (AvgIpc) is 2.82. The van der Waals surface area contributed by atoms with Gasteiger partial charge in [-0.2, -0.15) is 0 Å². The third-order valence-electron chi connectivity index (χ3n) is 2.69. The molecule has 0 bridgehead atoms. The quantitative estimate of drug-likeness (QED) is 0.599. The van der Waals surface area contributed by atoms with Crippen molar-refractivity contribution in [3.8, 4) is 0 Å². The molecule has 19 heavy (non-hydrogen) atoms. The Hall–Kier alpha value is -1.89. The van der Waals surface area contributed by atoms with Crippen LogP contribution in [0.15, 0.2) is 59.6 Å². The highest BCUT2D eigenvalue weighted by atomic mass is 14.8. The third-order valence-corrected chi connectivity index (χ3v) is 2.69. The minimum absolute atomic E-state index is 1.04. The van der Waals surface area contributed by atoms with Crippen molar-refractivity contribution in [1.29, 1.82) is 0 Å². The molecule has 1 nitrogen and oxygen atoms in total. The van der Waals surface area contributed by atoms with Crippen molar-refractivity contribution >= 4 is 11.4 Å². The van der Waals surface area contributed by atoms with Gasteiger partial charge in [-0.05, 0) is 25.5 Å². The summed E-state index contributed by atoms with van der Waals surface area (Å²) in [7, 11) is 0. The van der Waals surface area contributed by atoms with E-state index < -0.39 is 0 Å². The summed E-state index contributed by atoms with van der Waals surface area (Å²) in [6.07, 6.45) is 1.04. The van der Waals surface area contributed by atoms with Gasteiger partial charge in [-0.15, -0.1) is 0 Å². The molecular weight excluding hydrogens is 230 g/mol. The zero-order chi connectivity index (χ0) is 14.1. The lowest BCUT2D eigenvalue weighted by molar-refractivity contribution is 1.39. The first-order valence-electron chi connectivity index (χ1n) is 6.89. The molecule has 0 radical (unpaired) electrons. The number of para-hydroxylation sites is 1. The summed E-state index contributed by atoms with van der Waals surface area (Å²) in [5.41, 5.74) is 5.06. The molecule has 0 atom stereocenters. The molecule has 2 aromatic rings. The molecule has 1 heterocycles. The van der Waals surface area contributed by atoms with Gasteiger partial charge in [0.15, 0.2) is 0 Å². The van der Waals surface area contributed by atoms with Gasteiger partial charge in [-0.3, -0.25) is 4.99 Å². The standard InChI is InChI=1S/C9H9N.C7H8.C2H6/c1-7-6-8-4-2-3-5-9(8)10-7;1-7-5-3-2-4-6-7;1-2/h2-5H,6H2,1H3;2-6H,1H3;1-2H3. The average molecular weight is 253 g/mol. The van der Waals surface area contributed by atoms with E-state index in [2.05, 4.69) is 49.2 Å². The van der Waals surface area contributed by atoms with E-state index in [4.69, 9.17) is 0 Å². The number of hydrogen-bond acceptors (Lipinski definition) is 1. The molecule has 0 saturated heterocycles. The lowest BCUT2D eigenvalue weighted by atomic mass is 10.1. The minimum Gasteiger partial charge on any atom is -0.257 e. The Morgan fingerprint density at radius 3 is 1.89 bits per heavy atom. The fraction of sp³-hybridized carbons (Fsp3) is 0.278. The Kier molecular flexibility index (Phi) is 6.59. The number of nitrogens with zero attached hydrogens (tertiary/aromatic N) is 1. The van der Waals surface area contributed by atoms with E-state index in [9.17, 15) is 0 Å². The van der Waals surface area contributed by atoms with Gasteiger partial charge in [0.05, 0.1) is 5.69 Å². The van der Waals surface area contributed by atoms with E-state index in [1.165, 1.54) is 16.8 Å². The first-order valence-corrected chi connectivity index (χ1v) is 6.89. The van der Waals surface area contributed by atoms with E-state index in [1.807, 2.05) is 38.1 Å². The van der Waals surface area contributed by atoms with Crippen LogP contribution in [0.5, 0.6) is 0 Å². The first kappa shape index (κ1) is 15.2. The smallest absolute Gasteiger partial charge is 0.0664 e. The molecule has 3 rings (SSSR count). The Morgan fingerprint density at radius 1 is 0.789 bits per heavy atom. The molecule has 0 N–H and O–H groups in total. The second-order valence-corrected chi connectivity index (χ2v) is 4.31. The van der Waals surface area contributed by atoms with Crippen LogP contribution in [0.4, 0.5) is 5.69 Å². The Balaban J connectivity index is 0.000000177. The van der Waals surface area contributed by atoms with Gasteiger partial charge in [-0.25, -0.2) is 0 Å². The van der Waals surface area contributed by atoms with Gasteiger partial charge < -0.3 is 0 Å². The molecule has 0 amide bonds. The zero-order valence-corrected chi connectivity index (χ0v) is 12.4. The van der Waals surface area contributed by atoms with Crippen LogP contribution in [0, 0.1) is 6.92 Å². The summed E-state index contributed by atoms with van der Waals surface area (Å²) in [5.74, 6) is 0. The van der Waals surface area contributed by atoms with Crippen molar-refractivity contribution in [2.45, 2.75) is 34.1 Å². The first-order chi connectivity index (χ1) is 9.25. The van der Waals surface area contributed by atoms with Crippen LogP contribution in [-0.4, -0.2) is 5.71 Å². The van der Waals surface area contributed by atoms with Gasteiger partial charge in [0.1, 0.15) is 0 Å². The topological polar surface area (TPSA) is 12.4 Å². The van der Waals surface area contributed by atoms with E-state index in [0.29, 0.717) is 0 Å². The van der Waals surface area contributed by atoms with Crippen LogP contribution >= 0.6 is 0 Å². The lowest BCUT2D eigenvalue weighted by Crippen LogP contribution is -1.87. The van der Waals surface area contributed by atoms with Crippen LogP contribution in [-0.2, 0) is 6.42 Å². The molecule has 0 aliphatic carbocycles. The van der Waals surface area contributed by atoms with Crippen molar-refractivity contribution in [3.05, 3.63) is 65.7 Å². The Bertz CT molecular complexity index is 512. The maximum absolute atomic E-state index is 4.37. The molecule has 2 aromatic carbocycles.